The first-order valence-electron chi connectivity index (χ1n) is 10.2. The number of benzene rings is 3. The molecule has 1 aliphatic rings. The lowest BCUT2D eigenvalue weighted by Gasteiger charge is -2.35. The summed E-state index contributed by atoms with van der Waals surface area (Å²) in [6.07, 6.45) is -4.91. The van der Waals surface area contributed by atoms with E-state index < -0.39 is 38.7 Å². The summed E-state index contributed by atoms with van der Waals surface area (Å²) in [6.45, 7) is -0.396. The minimum Gasteiger partial charge on any atom is -0.460 e. The van der Waals surface area contributed by atoms with Crippen LogP contribution in [-0.4, -0.2) is 24.7 Å². The molecule has 10 heteroatoms. The fourth-order valence-electron chi connectivity index (χ4n) is 3.84. The van der Waals surface area contributed by atoms with Gasteiger partial charge < -0.3 is 4.74 Å². The Kier molecular flexibility index (Phi) is 6.71. The van der Waals surface area contributed by atoms with Crippen LogP contribution in [0.2, 0.25) is 5.02 Å². The third-order valence-electron chi connectivity index (χ3n) is 5.55. The van der Waals surface area contributed by atoms with E-state index in [0.29, 0.717) is 22.2 Å². The molecule has 0 amide bonds. The maximum atomic E-state index is 13.6. The van der Waals surface area contributed by atoms with Gasteiger partial charge in [0.15, 0.2) is 0 Å². The van der Waals surface area contributed by atoms with Gasteiger partial charge in [0.25, 0.3) is 0 Å². The van der Waals surface area contributed by atoms with Gasteiger partial charge in [0.05, 0.1) is 10.5 Å². The Morgan fingerprint density at radius 3 is 2.26 bits per heavy atom. The number of carbonyl (C=O) groups excluding carboxylic acids is 1. The van der Waals surface area contributed by atoms with Crippen molar-refractivity contribution in [1.82, 2.24) is 4.31 Å². The fraction of sp³-hybridized carbons (Fsp3) is 0.208. The van der Waals surface area contributed by atoms with Crippen LogP contribution >= 0.6 is 11.6 Å². The summed E-state index contributed by atoms with van der Waals surface area (Å²) in [5.74, 6) is -0.850. The Morgan fingerprint density at radius 2 is 1.59 bits per heavy atom. The first-order chi connectivity index (χ1) is 16.1. The quantitative estimate of drug-likeness (QED) is 0.442. The van der Waals surface area contributed by atoms with Crippen LogP contribution in [0.1, 0.15) is 22.3 Å². The first-order valence-corrected chi connectivity index (χ1v) is 12.0. The van der Waals surface area contributed by atoms with Gasteiger partial charge in [0, 0.05) is 18.0 Å². The van der Waals surface area contributed by atoms with Gasteiger partial charge in [0.2, 0.25) is 10.0 Å². The highest BCUT2D eigenvalue weighted by Gasteiger charge is 2.44. The summed E-state index contributed by atoms with van der Waals surface area (Å²) in [5, 5.41) is 0.500. The number of ether oxygens (including phenoxy) is 1. The van der Waals surface area contributed by atoms with Crippen molar-refractivity contribution < 1.29 is 31.1 Å². The lowest BCUT2D eigenvalue weighted by Crippen LogP contribution is -2.49. The van der Waals surface area contributed by atoms with Gasteiger partial charge >= 0.3 is 12.1 Å². The summed E-state index contributed by atoms with van der Waals surface area (Å²) < 4.78 is 73.9. The van der Waals surface area contributed by atoms with Gasteiger partial charge in [-0.1, -0.05) is 60.1 Å². The Balaban J connectivity index is 1.70. The zero-order chi connectivity index (χ0) is 24.5. The van der Waals surface area contributed by atoms with Crippen molar-refractivity contribution in [3.63, 3.8) is 0 Å². The van der Waals surface area contributed by atoms with Gasteiger partial charge in [0.1, 0.15) is 12.6 Å². The number of fused-ring (bicyclic) bond motifs is 1. The van der Waals surface area contributed by atoms with Crippen LogP contribution in [0.5, 0.6) is 0 Å². The second kappa shape index (κ2) is 9.40. The number of halogens is 4. The van der Waals surface area contributed by atoms with E-state index >= 15 is 0 Å². The van der Waals surface area contributed by atoms with Crippen LogP contribution in [-0.2, 0) is 45.3 Å². The van der Waals surface area contributed by atoms with Crippen LogP contribution < -0.4 is 0 Å². The normalized spacial score (nSPS) is 16.6. The van der Waals surface area contributed by atoms with E-state index in [1.165, 1.54) is 6.07 Å². The van der Waals surface area contributed by atoms with Crippen molar-refractivity contribution in [2.75, 3.05) is 0 Å². The molecule has 1 atom stereocenters. The van der Waals surface area contributed by atoms with Crippen LogP contribution in [0.3, 0.4) is 0 Å². The second-order valence-corrected chi connectivity index (χ2v) is 10.1. The van der Waals surface area contributed by atoms with Crippen LogP contribution in [0.4, 0.5) is 13.2 Å². The van der Waals surface area contributed by atoms with Crippen molar-refractivity contribution in [3.8, 4) is 0 Å². The lowest BCUT2D eigenvalue weighted by molar-refractivity contribution is -0.150. The van der Waals surface area contributed by atoms with Crippen LogP contribution in [0.15, 0.2) is 77.7 Å². The van der Waals surface area contributed by atoms with Crippen molar-refractivity contribution in [3.05, 3.63) is 100 Å². The molecule has 178 valence electrons. The topological polar surface area (TPSA) is 63.7 Å². The Bertz CT molecular complexity index is 1310. The highest BCUT2D eigenvalue weighted by Crippen LogP contribution is 2.37. The minimum atomic E-state index is -4.89. The third-order valence-corrected chi connectivity index (χ3v) is 7.72. The van der Waals surface area contributed by atoms with Gasteiger partial charge in [-0.15, -0.1) is 0 Å². The van der Waals surface area contributed by atoms with Crippen molar-refractivity contribution in [1.29, 1.82) is 0 Å². The molecule has 0 fully saturated rings. The molecule has 3 aromatic carbocycles. The molecule has 0 spiro atoms. The molecule has 4 rings (SSSR count). The summed E-state index contributed by atoms with van der Waals surface area (Å²) in [7, 11) is -4.71. The molecule has 5 nitrogen and oxygen atoms in total. The van der Waals surface area contributed by atoms with E-state index in [0.717, 1.165) is 22.0 Å². The molecule has 0 saturated heterocycles. The first kappa shape index (κ1) is 24.3. The number of esters is 1. The summed E-state index contributed by atoms with van der Waals surface area (Å²) in [5.41, 5.74) is 0.678. The second-order valence-electron chi connectivity index (χ2n) is 7.77. The maximum absolute atomic E-state index is 13.6. The number of hydrogen-bond donors (Lipinski definition) is 0. The highest BCUT2D eigenvalue weighted by atomic mass is 35.5. The molecule has 0 radical (unpaired) electrons. The monoisotopic (exact) mass is 509 g/mol. The fourth-order valence-corrected chi connectivity index (χ4v) is 5.73. The largest absolute Gasteiger partial charge is 0.460 e. The van der Waals surface area contributed by atoms with Gasteiger partial charge in [-0.2, -0.15) is 17.5 Å². The Morgan fingerprint density at radius 1 is 0.971 bits per heavy atom. The summed E-state index contributed by atoms with van der Waals surface area (Å²) in [6, 6.07) is 16.0. The molecular weight excluding hydrogens is 491 g/mol. The number of sulfonamides is 1. The van der Waals surface area contributed by atoms with E-state index in [9.17, 15) is 26.4 Å². The standard InChI is InChI=1S/C24H19ClF3NO4S/c25-19-11-9-16(10-12-19)15-33-23(30)21-13-17-5-1-2-6-18(17)14-29(21)34(31,32)22-8-4-3-7-20(22)24(26,27)28/h1-12,21H,13-15H2. The molecule has 1 unspecified atom stereocenters. The average molecular weight is 510 g/mol. The molecule has 0 bridgehead atoms. The summed E-state index contributed by atoms with van der Waals surface area (Å²) >= 11 is 5.86. The molecule has 0 N–H and O–H groups in total. The van der Waals surface area contributed by atoms with E-state index in [-0.39, 0.29) is 19.6 Å². The van der Waals surface area contributed by atoms with Crippen molar-refractivity contribution in [2.45, 2.75) is 36.7 Å². The van der Waals surface area contributed by atoms with Crippen molar-refractivity contribution in [2.24, 2.45) is 0 Å². The third kappa shape index (κ3) is 4.96. The molecular formula is C24H19ClF3NO4S. The molecule has 3 aromatic rings. The summed E-state index contributed by atoms with van der Waals surface area (Å²) in [4.78, 5) is 12.1. The maximum Gasteiger partial charge on any atom is 0.417 e. The zero-order valence-electron chi connectivity index (χ0n) is 17.6. The smallest absolute Gasteiger partial charge is 0.417 e. The molecule has 1 heterocycles. The SMILES string of the molecule is O=C(OCc1ccc(Cl)cc1)C1Cc2ccccc2CN1S(=O)(=O)c1ccccc1C(F)(F)F. The minimum absolute atomic E-state index is 0.0248. The molecule has 0 saturated carbocycles. The Labute approximate surface area is 199 Å². The predicted octanol–water partition coefficient (Wildman–Crippen LogP) is 5.22. The van der Waals surface area contributed by atoms with E-state index in [4.69, 9.17) is 16.3 Å². The Hall–Kier alpha value is -2.88. The van der Waals surface area contributed by atoms with E-state index in [1.54, 1.807) is 48.5 Å². The number of rotatable bonds is 5. The predicted molar refractivity (Wildman–Crippen MR) is 119 cm³/mol. The van der Waals surface area contributed by atoms with Gasteiger partial charge in [-0.3, -0.25) is 4.79 Å². The number of hydrogen-bond acceptors (Lipinski definition) is 4. The van der Waals surface area contributed by atoms with E-state index in [2.05, 4.69) is 0 Å². The van der Waals surface area contributed by atoms with Crippen molar-refractivity contribution >= 4 is 27.6 Å². The molecule has 34 heavy (non-hydrogen) atoms. The number of nitrogens with zero attached hydrogens (tertiary/aromatic N) is 1. The number of carbonyl (C=O) groups is 1. The molecule has 0 aromatic heterocycles. The zero-order valence-corrected chi connectivity index (χ0v) is 19.2. The molecule has 0 aliphatic carbocycles. The van der Waals surface area contributed by atoms with Crippen LogP contribution in [0, 0.1) is 0 Å². The van der Waals surface area contributed by atoms with Crippen LogP contribution in [0.25, 0.3) is 0 Å². The highest BCUT2D eigenvalue weighted by molar-refractivity contribution is 7.89. The van der Waals surface area contributed by atoms with Gasteiger partial charge in [-0.25, -0.2) is 8.42 Å². The van der Waals surface area contributed by atoms with E-state index in [1.807, 2.05) is 0 Å². The number of alkyl halides is 3. The average Bonchev–Trinajstić information content (AvgIpc) is 2.82. The lowest BCUT2D eigenvalue weighted by atomic mass is 9.96. The molecule has 1 aliphatic heterocycles. The van der Waals surface area contributed by atoms with Gasteiger partial charge in [-0.05, 0) is 41.0 Å².